The van der Waals surface area contributed by atoms with Gasteiger partial charge in [-0.3, -0.25) is 9.59 Å². The molecule has 0 saturated heterocycles. The van der Waals surface area contributed by atoms with E-state index in [0.29, 0.717) is 29.0 Å². The van der Waals surface area contributed by atoms with Crippen LogP contribution in [0.1, 0.15) is 46.8 Å². The normalized spacial score (nSPS) is 18.5. The second kappa shape index (κ2) is 7.81. The molecular formula is C27H22N2O4. The monoisotopic (exact) mass is 438 g/mol. The maximum absolute atomic E-state index is 13.1. The summed E-state index contributed by atoms with van der Waals surface area (Å²) in [6.45, 7) is 0.201. The molecule has 0 amide bonds. The number of Topliss-reactive ketones (excluding diaryl/α,β-unsaturated/α-hetero) is 1. The number of anilines is 2. The second-order valence-corrected chi connectivity index (χ2v) is 8.44. The maximum atomic E-state index is 13.1. The first-order chi connectivity index (χ1) is 16.2. The van der Waals surface area contributed by atoms with Gasteiger partial charge in [-0.25, -0.2) is 0 Å². The lowest BCUT2D eigenvalue weighted by Crippen LogP contribution is -2.23. The first kappa shape index (κ1) is 19.6. The smallest absolute Gasteiger partial charge is 0.231 e. The molecule has 0 radical (unpaired) electrons. The Morgan fingerprint density at radius 3 is 2.58 bits per heavy atom. The highest BCUT2D eigenvalue weighted by Gasteiger charge is 2.33. The van der Waals surface area contributed by atoms with E-state index >= 15 is 0 Å². The van der Waals surface area contributed by atoms with Gasteiger partial charge in [0.15, 0.2) is 23.1 Å². The summed E-state index contributed by atoms with van der Waals surface area (Å²) in [5.74, 6) is 1.48. The number of benzene rings is 3. The van der Waals surface area contributed by atoms with E-state index in [1.54, 1.807) is 0 Å². The number of hydrogen-bond acceptors (Lipinski definition) is 6. The minimum Gasteiger partial charge on any atom is -0.454 e. The van der Waals surface area contributed by atoms with Gasteiger partial charge in [0.25, 0.3) is 0 Å². The van der Waals surface area contributed by atoms with Crippen molar-refractivity contribution in [1.29, 1.82) is 0 Å². The van der Waals surface area contributed by atoms with Gasteiger partial charge in [0.1, 0.15) is 0 Å². The zero-order valence-corrected chi connectivity index (χ0v) is 17.9. The van der Waals surface area contributed by atoms with E-state index in [1.807, 2.05) is 66.7 Å². The maximum Gasteiger partial charge on any atom is 0.231 e. The van der Waals surface area contributed by atoms with Gasteiger partial charge >= 0.3 is 0 Å². The highest BCUT2D eigenvalue weighted by molar-refractivity contribution is 6.10. The topological polar surface area (TPSA) is 76.7 Å². The van der Waals surface area contributed by atoms with Gasteiger partial charge in [0, 0.05) is 28.8 Å². The SMILES string of the molecule is O=C1CCCC2=C1C(c1ccc3c(c1)OCO3)Nc1ccc(C(=O)c3ccccc3)cc1N2. The summed E-state index contributed by atoms with van der Waals surface area (Å²) in [6, 6.07) is 20.3. The van der Waals surface area contributed by atoms with Crippen molar-refractivity contribution >= 4 is 22.9 Å². The van der Waals surface area contributed by atoms with E-state index < -0.39 is 0 Å². The number of carbonyl (C=O) groups excluding carboxylic acids is 2. The minimum absolute atomic E-state index is 0.0364. The molecule has 6 nitrogen and oxygen atoms in total. The molecule has 6 heteroatoms. The molecule has 1 unspecified atom stereocenters. The van der Waals surface area contributed by atoms with Crippen LogP contribution in [-0.4, -0.2) is 18.4 Å². The molecule has 2 N–H and O–H groups in total. The first-order valence-corrected chi connectivity index (χ1v) is 11.1. The number of hydrogen-bond donors (Lipinski definition) is 2. The molecule has 3 aliphatic rings. The van der Waals surface area contributed by atoms with Crippen LogP contribution in [0.15, 0.2) is 78.0 Å². The fourth-order valence-electron chi connectivity index (χ4n) is 4.73. The van der Waals surface area contributed by atoms with Gasteiger partial charge in [-0.2, -0.15) is 0 Å². The van der Waals surface area contributed by atoms with E-state index in [-0.39, 0.29) is 24.4 Å². The van der Waals surface area contributed by atoms with Gasteiger partial charge in [-0.1, -0.05) is 36.4 Å². The molecule has 3 aromatic carbocycles. The molecular weight excluding hydrogens is 416 g/mol. The van der Waals surface area contributed by atoms with Crippen molar-refractivity contribution in [2.24, 2.45) is 0 Å². The fourth-order valence-corrected chi connectivity index (χ4v) is 4.73. The lowest BCUT2D eigenvalue weighted by Gasteiger charge is -2.25. The van der Waals surface area contributed by atoms with Crippen LogP contribution in [0.3, 0.4) is 0 Å². The summed E-state index contributed by atoms with van der Waals surface area (Å²) < 4.78 is 11.0. The van der Waals surface area contributed by atoms with Crippen molar-refractivity contribution in [1.82, 2.24) is 0 Å². The lowest BCUT2D eigenvalue weighted by atomic mass is 9.86. The first-order valence-electron chi connectivity index (χ1n) is 11.1. The molecule has 0 fully saturated rings. The highest BCUT2D eigenvalue weighted by atomic mass is 16.7. The minimum atomic E-state index is -0.327. The molecule has 1 atom stereocenters. The van der Waals surface area contributed by atoms with E-state index in [2.05, 4.69) is 10.6 Å². The van der Waals surface area contributed by atoms with Crippen LogP contribution in [0.5, 0.6) is 11.5 Å². The highest BCUT2D eigenvalue weighted by Crippen LogP contribution is 2.43. The number of carbonyl (C=O) groups is 2. The van der Waals surface area contributed by atoms with Crippen LogP contribution in [0, 0.1) is 0 Å². The summed E-state index contributed by atoms with van der Waals surface area (Å²) in [6.07, 6.45) is 2.11. The lowest BCUT2D eigenvalue weighted by molar-refractivity contribution is -0.116. The number of ether oxygens (including phenoxy) is 2. The molecule has 0 spiro atoms. The number of rotatable bonds is 3. The molecule has 2 heterocycles. The third kappa shape index (κ3) is 3.44. The molecule has 3 aromatic rings. The quantitative estimate of drug-likeness (QED) is 0.545. The molecule has 6 rings (SSSR count). The molecule has 0 aromatic heterocycles. The van der Waals surface area contributed by atoms with Crippen molar-refractivity contribution < 1.29 is 19.1 Å². The van der Waals surface area contributed by atoms with Crippen molar-refractivity contribution in [2.75, 3.05) is 17.4 Å². The Morgan fingerprint density at radius 1 is 0.848 bits per heavy atom. The summed E-state index contributed by atoms with van der Waals surface area (Å²) >= 11 is 0. The second-order valence-electron chi connectivity index (χ2n) is 8.44. The van der Waals surface area contributed by atoms with Gasteiger partial charge in [-0.05, 0) is 48.7 Å². The Balaban J connectivity index is 1.42. The Kier molecular flexibility index (Phi) is 4.64. The molecule has 33 heavy (non-hydrogen) atoms. The zero-order valence-electron chi connectivity index (χ0n) is 17.9. The summed E-state index contributed by atoms with van der Waals surface area (Å²) in [4.78, 5) is 26.1. The van der Waals surface area contributed by atoms with Crippen molar-refractivity contribution in [3.05, 3.63) is 94.7 Å². The third-order valence-electron chi connectivity index (χ3n) is 6.38. The summed E-state index contributed by atoms with van der Waals surface area (Å²) in [7, 11) is 0. The van der Waals surface area contributed by atoms with Crippen molar-refractivity contribution in [3.8, 4) is 11.5 Å². The molecule has 1 aliphatic carbocycles. The van der Waals surface area contributed by atoms with Crippen LogP contribution in [0.25, 0.3) is 0 Å². The van der Waals surface area contributed by atoms with E-state index in [0.717, 1.165) is 41.1 Å². The predicted molar refractivity (Wildman–Crippen MR) is 125 cm³/mol. The van der Waals surface area contributed by atoms with Crippen molar-refractivity contribution in [2.45, 2.75) is 25.3 Å². The van der Waals surface area contributed by atoms with Crippen LogP contribution < -0.4 is 20.1 Å². The standard InChI is InChI=1S/C27H22N2O4/c30-22-8-4-7-20-25(22)26(17-10-12-23-24(14-17)33-15-32-23)29-19-11-9-18(13-21(19)28-20)27(31)16-5-2-1-3-6-16/h1-3,5-6,9-14,26,28-29H,4,7-8,15H2. The summed E-state index contributed by atoms with van der Waals surface area (Å²) in [5, 5.41) is 7.03. The largest absolute Gasteiger partial charge is 0.454 e. The number of ketones is 2. The number of allylic oxidation sites excluding steroid dienone is 1. The Morgan fingerprint density at radius 2 is 1.70 bits per heavy atom. The molecule has 0 bridgehead atoms. The van der Waals surface area contributed by atoms with Gasteiger partial charge < -0.3 is 20.1 Å². The average molecular weight is 438 g/mol. The van der Waals surface area contributed by atoms with Gasteiger partial charge in [0.2, 0.25) is 6.79 Å². The zero-order chi connectivity index (χ0) is 22.4. The van der Waals surface area contributed by atoms with E-state index in [9.17, 15) is 9.59 Å². The molecule has 164 valence electrons. The van der Waals surface area contributed by atoms with Crippen LogP contribution in [-0.2, 0) is 4.79 Å². The number of nitrogens with one attached hydrogen (secondary N) is 2. The Labute approximate surface area is 191 Å². The van der Waals surface area contributed by atoms with Crippen molar-refractivity contribution in [3.63, 3.8) is 0 Å². The Hall–Kier alpha value is -4.06. The molecule has 0 saturated carbocycles. The Bertz CT molecular complexity index is 1310. The van der Waals surface area contributed by atoms with Gasteiger partial charge in [0.05, 0.1) is 17.4 Å². The average Bonchev–Trinajstić information content (AvgIpc) is 3.25. The number of fused-ring (bicyclic) bond motifs is 2. The van der Waals surface area contributed by atoms with Gasteiger partial charge in [-0.15, -0.1) is 0 Å². The predicted octanol–water partition coefficient (Wildman–Crippen LogP) is 5.23. The van der Waals surface area contributed by atoms with E-state index in [1.165, 1.54) is 0 Å². The summed E-state index contributed by atoms with van der Waals surface area (Å²) in [5.41, 5.74) is 5.45. The fraction of sp³-hybridized carbons (Fsp3) is 0.185. The van der Waals surface area contributed by atoms with Crippen LogP contribution >= 0.6 is 0 Å². The third-order valence-corrected chi connectivity index (χ3v) is 6.38. The van der Waals surface area contributed by atoms with Crippen LogP contribution in [0.4, 0.5) is 11.4 Å². The van der Waals surface area contributed by atoms with E-state index in [4.69, 9.17) is 9.47 Å². The van der Waals surface area contributed by atoms with Crippen LogP contribution in [0.2, 0.25) is 0 Å². The molecule has 2 aliphatic heterocycles.